The minimum Gasteiger partial charge on any atom is -0.356 e. The molecule has 7 nitrogen and oxygen atoms in total. The van der Waals surface area contributed by atoms with Crippen LogP contribution in [0.2, 0.25) is 0 Å². The van der Waals surface area contributed by atoms with E-state index in [1.54, 1.807) is 10.6 Å². The molecule has 2 aromatic heterocycles. The van der Waals surface area contributed by atoms with E-state index in [1.165, 1.54) is 0 Å². The van der Waals surface area contributed by atoms with Crippen LogP contribution in [0.3, 0.4) is 0 Å². The van der Waals surface area contributed by atoms with Crippen molar-refractivity contribution in [2.45, 2.75) is 51.5 Å². The lowest BCUT2D eigenvalue weighted by Gasteiger charge is -2.36. The summed E-state index contributed by atoms with van der Waals surface area (Å²) >= 11 is 0. The van der Waals surface area contributed by atoms with Gasteiger partial charge in [-0.25, -0.2) is 22.7 Å². The molecular formula is C20H31N5O2S. The number of hydrogen-bond acceptors (Lipinski definition) is 5. The normalized spacial score (nSPS) is 25.2. The first-order valence-corrected chi connectivity index (χ1v) is 12.0. The Balaban J connectivity index is 1.35. The Hall–Kier alpha value is -1.67. The minimum atomic E-state index is -3.12. The maximum atomic E-state index is 12.8. The average Bonchev–Trinajstić information content (AvgIpc) is 3.17. The molecule has 8 heteroatoms. The van der Waals surface area contributed by atoms with E-state index < -0.39 is 10.0 Å². The molecule has 1 aliphatic heterocycles. The number of hydrogen-bond donors (Lipinski definition) is 1. The van der Waals surface area contributed by atoms with Crippen LogP contribution in [0.4, 0.5) is 5.82 Å². The lowest BCUT2D eigenvalue weighted by molar-refractivity contribution is 0.281. The van der Waals surface area contributed by atoms with Crippen molar-refractivity contribution >= 4 is 26.9 Å². The fourth-order valence-corrected chi connectivity index (χ4v) is 6.58. The van der Waals surface area contributed by atoms with E-state index in [0.717, 1.165) is 55.4 Å². The minimum absolute atomic E-state index is 0.270. The summed E-state index contributed by atoms with van der Waals surface area (Å²) in [5.74, 6) is 2.18. The number of anilines is 1. The van der Waals surface area contributed by atoms with E-state index in [4.69, 9.17) is 0 Å². The summed E-state index contributed by atoms with van der Waals surface area (Å²) < 4.78 is 27.3. The Morgan fingerprint density at radius 3 is 2.57 bits per heavy atom. The first-order valence-electron chi connectivity index (χ1n) is 10.4. The molecule has 0 aromatic carbocycles. The maximum Gasteiger partial charge on any atom is 0.214 e. The smallest absolute Gasteiger partial charge is 0.214 e. The Morgan fingerprint density at radius 2 is 1.86 bits per heavy atom. The Kier molecular flexibility index (Phi) is 5.60. The van der Waals surface area contributed by atoms with Crippen LogP contribution in [-0.4, -0.2) is 59.6 Å². The molecule has 2 aliphatic rings. The van der Waals surface area contributed by atoms with E-state index in [9.17, 15) is 8.42 Å². The van der Waals surface area contributed by atoms with Crippen LogP contribution in [0.25, 0.3) is 11.0 Å². The Morgan fingerprint density at radius 1 is 1.14 bits per heavy atom. The highest BCUT2D eigenvalue weighted by Crippen LogP contribution is 2.32. The fourth-order valence-electron chi connectivity index (χ4n) is 4.68. The van der Waals surface area contributed by atoms with Gasteiger partial charge in [-0.2, -0.15) is 0 Å². The van der Waals surface area contributed by atoms with Crippen LogP contribution >= 0.6 is 0 Å². The largest absolute Gasteiger partial charge is 0.356 e. The summed E-state index contributed by atoms with van der Waals surface area (Å²) in [7, 11) is -1.03. The molecule has 4 rings (SSSR count). The number of rotatable bonds is 5. The van der Waals surface area contributed by atoms with Crippen LogP contribution in [-0.2, 0) is 10.0 Å². The molecule has 2 aromatic rings. The van der Waals surface area contributed by atoms with E-state index in [1.807, 2.05) is 12.3 Å². The Bertz CT molecular complexity index is 896. The van der Waals surface area contributed by atoms with Crippen molar-refractivity contribution in [2.24, 2.45) is 11.8 Å². The summed E-state index contributed by atoms with van der Waals surface area (Å²) in [5, 5.41) is 1.04. The number of nitrogens with one attached hydrogen (secondary N) is 1. The zero-order valence-corrected chi connectivity index (χ0v) is 17.7. The highest BCUT2D eigenvalue weighted by atomic mass is 32.2. The van der Waals surface area contributed by atoms with Crippen molar-refractivity contribution in [1.82, 2.24) is 19.3 Å². The zero-order valence-electron chi connectivity index (χ0n) is 16.8. The van der Waals surface area contributed by atoms with Gasteiger partial charge in [0.15, 0.2) is 0 Å². The SMILES string of the molecule is CC1CCN(S(=O)(=O)CC2CCC(N(C)c3ncnc4[nH]ccc34)CC2)CC1. The third-order valence-electron chi connectivity index (χ3n) is 6.61. The summed E-state index contributed by atoms with van der Waals surface area (Å²) in [6.07, 6.45) is 9.39. The van der Waals surface area contributed by atoms with E-state index in [2.05, 4.69) is 33.8 Å². The second kappa shape index (κ2) is 7.99. The molecule has 0 spiro atoms. The van der Waals surface area contributed by atoms with Gasteiger partial charge in [0.2, 0.25) is 10.0 Å². The highest BCUT2D eigenvalue weighted by Gasteiger charge is 2.32. The molecule has 0 atom stereocenters. The first kappa shape index (κ1) is 19.6. The van der Waals surface area contributed by atoms with Gasteiger partial charge in [-0.1, -0.05) is 6.92 Å². The fraction of sp³-hybridized carbons (Fsp3) is 0.700. The lowest BCUT2D eigenvalue weighted by Crippen LogP contribution is -2.42. The van der Waals surface area contributed by atoms with Gasteiger partial charge in [0.05, 0.1) is 11.1 Å². The lowest BCUT2D eigenvalue weighted by atomic mass is 9.86. The summed E-state index contributed by atoms with van der Waals surface area (Å²) in [6, 6.07) is 2.40. The van der Waals surface area contributed by atoms with Crippen molar-refractivity contribution in [3.05, 3.63) is 18.6 Å². The second-order valence-electron chi connectivity index (χ2n) is 8.58. The van der Waals surface area contributed by atoms with Crippen LogP contribution < -0.4 is 4.90 Å². The van der Waals surface area contributed by atoms with E-state index in [-0.39, 0.29) is 5.92 Å². The van der Waals surface area contributed by atoms with Gasteiger partial charge in [-0.3, -0.25) is 0 Å². The molecule has 1 aliphatic carbocycles. The topological polar surface area (TPSA) is 82.2 Å². The Labute approximate surface area is 167 Å². The third kappa shape index (κ3) is 4.03. The second-order valence-corrected chi connectivity index (χ2v) is 10.6. The highest BCUT2D eigenvalue weighted by molar-refractivity contribution is 7.89. The van der Waals surface area contributed by atoms with E-state index >= 15 is 0 Å². The average molecular weight is 406 g/mol. The van der Waals surface area contributed by atoms with Crippen LogP contribution in [0, 0.1) is 11.8 Å². The standard InChI is InChI=1S/C20H31N5O2S/c1-15-8-11-25(12-9-15)28(26,27)13-16-3-5-17(6-4-16)24(2)20-18-7-10-21-19(18)22-14-23-20/h7,10,14-17H,3-6,8-9,11-13H2,1-2H3,(H,21,22,23). The number of nitrogens with zero attached hydrogens (tertiary/aromatic N) is 4. The van der Waals surface area contributed by atoms with Gasteiger partial charge in [0.25, 0.3) is 0 Å². The van der Waals surface area contributed by atoms with Gasteiger partial charge in [-0.05, 0) is 56.4 Å². The zero-order chi connectivity index (χ0) is 19.7. The molecule has 0 bridgehead atoms. The molecule has 28 heavy (non-hydrogen) atoms. The molecule has 154 valence electrons. The summed E-state index contributed by atoms with van der Waals surface area (Å²) in [5.41, 5.74) is 0.854. The van der Waals surface area contributed by atoms with Crippen LogP contribution in [0.15, 0.2) is 18.6 Å². The third-order valence-corrected chi connectivity index (χ3v) is 8.66. The molecule has 1 N–H and O–H groups in total. The first-order chi connectivity index (χ1) is 13.4. The number of piperidine rings is 1. The maximum absolute atomic E-state index is 12.8. The molecule has 1 saturated heterocycles. The molecule has 3 heterocycles. The van der Waals surface area contributed by atoms with Crippen molar-refractivity contribution in [3.63, 3.8) is 0 Å². The summed E-state index contributed by atoms with van der Waals surface area (Å²) in [4.78, 5) is 14.1. The predicted molar refractivity (Wildman–Crippen MR) is 112 cm³/mol. The van der Waals surface area contributed by atoms with Gasteiger partial charge < -0.3 is 9.88 Å². The number of sulfonamides is 1. The van der Waals surface area contributed by atoms with Gasteiger partial charge in [0.1, 0.15) is 17.8 Å². The number of H-pyrrole nitrogens is 1. The quantitative estimate of drug-likeness (QED) is 0.827. The molecule has 1 saturated carbocycles. The van der Waals surface area contributed by atoms with Gasteiger partial charge >= 0.3 is 0 Å². The van der Waals surface area contributed by atoms with E-state index in [0.29, 0.717) is 30.8 Å². The van der Waals surface area contributed by atoms with Crippen LogP contribution in [0.5, 0.6) is 0 Å². The van der Waals surface area contributed by atoms with Crippen molar-refractivity contribution in [3.8, 4) is 0 Å². The number of aromatic amines is 1. The number of fused-ring (bicyclic) bond motifs is 1. The van der Waals surface area contributed by atoms with Crippen molar-refractivity contribution in [2.75, 3.05) is 30.8 Å². The number of aromatic nitrogens is 3. The molecular weight excluding hydrogens is 374 g/mol. The predicted octanol–water partition coefficient (Wildman–Crippen LogP) is 3.01. The monoisotopic (exact) mass is 405 g/mol. The van der Waals surface area contributed by atoms with Gasteiger partial charge in [-0.15, -0.1) is 0 Å². The summed E-state index contributed by atoms with van der Waals surface area (Å²) in [6.45, 7) is 3.60. The van der Waals surface area contributed by atoms with Crippen molar-refractivity contribution in [1.29, 1.82) is 0 Å². The molecule has 0 amide bonds. The molecule has 0 unspecified atom stereocenters. The van der Waals surface area contributed by atoms with Crippen molar-refractivity contribution < 1.29 is 8.42 Å². The van der Waals surface area contributed by atoms with Gasteiger partial charge in [0, 0.05) is 32.4 Å². The molecule has 0 radical (unpaired) electrons. The molecule has 2 fully saturated rings. The van der Waals surface area contributed by atoms with Crippen LogP contribution in [0.1, 0.15) is 45.4 Å².